The van der Waals surface area contributed by atoms with Gasteiger partial charge in [-0.15, -0.1) is 0 Å². The molecule has 0 aliphatic rings. The van der Waals surface area contributed by atoms with Crippen molar-refractivity contribution in [2.75, 3.05) is 13.2 Å². The average Bonchev–Trinajstić information content (AvgIpc) is 2.99. The summed E-state index contributed by atoms with van der Waals surface area (Å²) in [5, 5.41) is 0. The van der Waals surface area contributed by atoms with Gasteiger partial charge in [0.25, 0.3) is 0 Å². The highest BCUT2D eigenvalue weighted by molar-refractivity contribution is 6.76. The quantitative estimate of drug-likeness (QED) is 0.305. The zero-order chi connectivity index (χ0) is 22.8. The summed E-state index contributed by atoms with van der Waals surface area (Å²) in [6, 6.07) is 6.37. The number of aryl methyl sites for hydroxylation is 1. The van der Waals surface area contributed by atoms with Crippen LogP contribution in [0.25, 0.3) is 22.3 Å². The Labute approximate surface area is 181 Å². The van der Waals surface area contributed by atoms with E-state index in [-0.39, 0.29) is 12.3 Å². The summed E-state index contributed by atoms with van der Waals surface area (Å²) in [7, 11) is -1.23. The van der Waals surface area contributed by atoms with E-state index in [1.165, 1.54) is 12.4 Å². The van der Waals surface area contributed by atoms with Crippen LogP contribution < -0.4 is 4.74 Å². The van der Waals surface area contributed by atoms with Gasteiger partial charge in [-0.2, -0.15) is 13.2 Å². The zero-order valence-electron chi connectivity index (χ0n) is 18.5. The number of aromatic nitrogens is 3. The van der Waals surface area contributed by atoms with E-state index in [1.807, 2.05) is 17.6 Å². The Morgan fingerprint density at radius 3 is 2.48 bits per heavy atom. The van der Waals surface area contributed by atoms with Gasteiger partial charge >= 0.3 is 6.18 Å². The van der Waals surface area contributed by atoms with Crippen LogP contribution in [0, 0.1) is 6.92 Å². The molecule has 3 rings (SSSR count). The number of hydrogen-bond donors (Lipinski definition) is 0. The molecule has 1 aromatic carbocycles. The lowest BCUT2D eigenvalue weighted by Gasteiger charge is -2.17. The van der Waals surface area contributed by atoms with E-state index >= 15 is 0 Å². The molecule has 0 unspecified atom stereocenters. The molecule has 5 nitrogen and oxygen atoms in total. The van der Waals surface area contributed by atoms with Gasteiger partial charge in [-0.25, -0.2) is 9.97 Å². The number of fused-ring (bicyclic) bond motifs is 1. The minimum Gasteiger partial charge on any atom is -0.493 e. The highest BCUT2D eigenvalue weighted by Gasteiger charge is 2.32. The Balaban J connectivity index is 2.09. The second-order valence-corrected chi connectivity index (χ2v) is 14.3. The van der Waals surface area contributed by atoms with Gasteiger partial charge in [0.05, 0.1) is 23.2 Å². The fourth-order valence-electron chi connectivity index (χ4n) is 3.29. The van der Waals surface area contributed by atoms with Crippen LogP contribution in [0.2, 0.25) is 25.7 Å². The van der Waals surface area contributed by atoms with Gasteiger partial charge in [-0.05, 0) is 44.2 Å². The molecule has 9 heteroatoms. The van der Waals surface area contributed by atoms with Crippen molar-refractivity contribution >= 4 is 19.1 Å². The molecule has 168 valence electrons. The van der Waals surface area contributed by atoms with Crippen molar-refractivity contribution in [3.8, 4) is 17.0 Å². The first-order valence-electron chi connectivity index (χ1n) is 10.2. The Kier molecular flexibility index (Phi) is 6.75. The van der Waals surface area contributed by atoms with E-state index in [4.69, 9.17) is 9.47 Å². The first kappa shape index (κ1) is 23.3. The van der Waals surface area contributed by atoms with Crippen LogP contribution in [0.5, 0.6) is 5.75 Å². The molecule has 0 amide bonds. The van der Waals surface area contributed by atoms with Crippen molar-refractivity contribution in [3.63, 3.8) is 0 Å². The second-order valence-electron chi connectivity index (χ2n) is 8.66. The number of alkyl halides is 3. The molecule has 0 fully saturated rings. The van der Waals surface area contributed by atoms with Gasteiger partial charge in [0.15, 0.2) is 0 Å². The molecule has 0 N–H and O–H groups in total. The third-order valence-corrected chi connectivity index (χ3v) is 6.67. The van der Waals surface area contributed by atoms with Crippen LogP contribution in [0.4, 0.5) is 13.2 Å². The monoisotopic (exact) mass is 451 g/mol. The number of nitrogens with zero attached hydrogens (tertiary/aromatic N) is 3. The van der Waals surface area contributed by atoms with E-state index < -0.39 is 19.8 Å². The van der Waals surface area contributed by atoms with Gasteiger partial charge in [-0.3, -0.25) is 0 Å². The summed E-state index contributed by atoms with van der Waals surface area (Å²) in [4.78, 5) is 8.68. The van der Waals surface area contributed by atoms with Crippen LogP contribution in [-0.4, -0.2) is 35.8 Å². The van der Waals surface area contributed by atoms with Crippen LogP contribution in [0.15, 0.2) is 30.6 Å². The number of benzene rings is 1. The average molecular weight is 452 g/mol. The van der Waals surface area contributed by atoms with Gasteiger partial charge in [0, 0.05) is 25.9 Å². The maximum atomic E-state index is 13.4. The molecule has 0 saturated heterocycles. The van der Waals surface area contributed by atoms with Crippen molar-refractivity contribution in [1.82, 2.24) is 14.5 Å². The number of hydrogen-bond acceptors (Lipinski definition) is 4. The SMILES string of the molecule is CCOc1ccc(C(F)(F)F)cc1-c1ncnc2cc(C)n(COCC[Si](C)(C)C)c12. The van der Waals surface area contributed by atoms with Crippen LogP contribution in [-0.2, 0) is 17.6 Å². The molecular weight excluding hydrogens is 423 g/mol. The summed E-state index contributed by atoms with van der Waals surface area (Å²) in [5.74, 6) is 0.348. The summed E-state index contributed by atoms with van der Waals surface area (Å²) >= 11 is 0. The maximum Gasteiger partial charge on any atom is 0.416 e. The smallest absolute Gasteiger partial charge is 0.416 e. The number of ether oxygens (including phenoxy) is 2. The van der Waals surface area contributed by atoms with Crippen molar-refractivity contribution in [1.29, 1.82) is 0 Å². The fourth-order valence-corrected chi connectivity index (χ4v) is 4.04. The Morgan fingerprint density at radius 1 is 1.10 bits per heavy atom. The Hall–Kier alpha value is -2.39. The fraction of sp³-hybridized carbons (Fsp3) is 0.455. The molecule has 0 spiro atoms. The topological polar surface area (TPSA) is 49.2 Å². The minimum absolute atomic E-state index is 0.281. The van der Waals surface area contributed by atoms with Gasteiger partial charge in [0.1, 0.15) is 24.5 Å². The minimum atomic E-state index is -4.47. The molecule has 0 aliphatic heterocycles. The summed E-state index contributed by atoms with van der Waals surface area (Å²) in [6.07, 6.45) is -3.10. The summed E-state index contributed by atoms with van der Waals surface area (Å²) in [5.41, 5.74) is 2.10. The van der Waals surface area contributed by atoms with Gasteiger partial charge < -0.3 is 14.0 Å². The predicted molar refractivity (Wildman–Crippen MR) is 118 cm³/mol. The standard InChI is InChI=1S/C22H28F3N3O2Si/c1-6-30-19-8-7-16(22(23,24)25)12-17(19)20-21-18(26-13-27-20)11-15(2)28(21)14-29-9-10-31(3,4)5/h7-8,11-13H,6,9-10,14H2,1-5H3. The molecular formula is C22H28F3N3O2Si. The van der Waals surface area contributed by atoms with Gasteiger partial charge in [0.2, 0.25) is 0 Å². The third kappa shape index (κ3) is 5.45. The number of rotatable bonds is 8. The molecule has 31 heavy (non-hydrogen) atoms. The van der Waals surface area contributed by atoms with Crippen molar-refractivity contribution in [3.05, 3.63) is 41.9 Å². The molecule has 2 heterocycles. The second kappa shape index (κ2) is 9.00. The highest BCUT2D eigenvalue weighted by Crippen LogP contribution is 2.39. The van der Waals surface area contributed by atoms with Gasteiger partial charge in [-0.1, -0.05) is 19.6 Å². The van der Waals surface area contributed by atoms with E-state index in [0.29, 0.717) is 35.7 Å². The normalized spacial score (nSPS) is 12.5. The maximum absolute atomic E-state index is 13.4. The van der Waals surface area contributed by atoms with E-state index in [1.54, 1.807) is 6.92 Å². The van der Waals surface area contributed by atoms with Crippen LogP contribution >= 0.6 is 0 Å². The lowest BCUT2D eigenvalue weighted by molar-refractivity contribution is -0.137. The highest BCUT2D eigenvalue weighted by atomic mass is 28.3. The molecule has 0 atom stereocenters. The van der Waals surface area contributed by atoms with E-state index in [2.05, 4.69) is 29.6 Å². The lowest BCUT2D eigenvalue weighted by Crippen LogP contribution is -2.22. The third-order valence-electron chi connectivity index (χ3n) is 4.97. The van der Waals surface area contributed by atoms with Crippen LogP contribution in [0.1, 0.15) is 18.2 Å². The molecule has 0 saturated carbocycles. The van der Waals surface area contributed by atoms with Crippen molar-refractivity contribution < 1.29 is 22.6 Å². The molecule has 0 bridgehead atoms. The Morgan fingerprint density at radius 2 is 1.84 bits per heavy atom. The van der Waals surface area contributed by atoms with E-state index in [9.17, 15) is 13.2 Å². The first-order valence-corrected chi connectivity index (χ1v) is 13.9. The summed E-state index contributed by atoms with van der Waals surface area (Å²) in [6.45, 7) is 11.8. The predicted octanol–water partition coefficient (Wildman–Crippen LogP) is 6.14. The number of halogens is 3. The zero-order valence-corrected chi connectivity index (χ0v) is 19.5. The van der Waals surface area contributed by atoms with Crippen molar-refractivity contribution in [2.24, 2.45) is 0 Å². The first-order chi connectivity index (χ1) is 14.5. The largest absolute Gasteiger partial charge is 0.493 e. The summed E-state index contributed by atoms with van der Waals surface area (Å²) < 4.78 is 53.7. The van der Waals surface area contributed by atoms with Crippen LogP contribution in [0.3, 0.4) is 0 Å². The van der Waals surface area contributed by atoms with Crippen molar-refractivity contribution in [2.45, 2.75) is 52.4 Å². The molecule has 3 aromatic rings. The molecule has 0 radical (unpaired) electrons. The lowest BCUT2D eigenvalue weighted by atomic mass is 10.0. The Bertz CT molecular complexity index is 1060. The molecule has 2 aromatic heterocycles. The molecule has 0 aliphatic carbocycles. The van der Waals surface area contributed by atoms with E-state index in [0.717, 1.165) is 23.9 Å².